The number of ketones is 2. The fourth-order valence-electron chi connectivity index (χ4n) is 5.67. The predicted molar refractivity (Wildman–Crippen MR) is 117 cm³/mol. The first kappa shape index (κ1) is 21.8. The summed E-state index contributed by atoms with van der Waals surface area (Å²) in [5, 5.41) is 21.2. The van der Waals surface area contributed by atoms with Crippen LogP contribution in [0.1, 0.15) is 31.2 Å². The Hall–Kier alpha value is -3.04. The first-order valence-electron chi connectivity index (χ1n) is 10.5. The molecule has 0 radical (unpaired) electrons. The second kappa shape index (κ2) is 7.50. The maximum absolute atomic E-state index is 13.3. The summed E-state index contributed by atoms with van der Waals surface area (Å²) in [6.07, 6.45) is 3.41. The second-order valence-electron chi connectivity index (χ2n) is 8.76. The van der Waals surface area contributed by atoms with Crippen LogP contribution in [0.15, 0.2) is 51.0 Å². The number of phenolic OH excluding ortho intramolecular Hbond substituents is 1. The van der Waals surface area contributed by atoms with E-state index in [9.17, 15) is 29.5 Å². The number of amides is 2. The number of methoxy groups -OCH3 is 1. The fourth-order valence-corrected chi connectivity index (χ4v) is 6.12. The molecule has 4 unspecified atom stereocenters. The Morgan fingerprint density at radius 1 is 1.12 bits per heavy atom. The number of phenols is 1. The summed E-state index contributed by atoms with van der Waals surface area (Å²) in [6.45, 7) is 1.57. The standard InChI is InChI=1S/C24H20BrNO7/c1-9-5-16(27)14-8-13-11(3-4-12-19(13)24(31)26(32)23(12)30)18(20(14)21(9)28)15-6-10(25)7-17(33-2)22(15)29/h3,5-7,12-13,18-19,29,32H,4,8H2,1-2H3. The van der Waals surface area contributed by atoms with E-state index in [2.05, 4.69) is 15.9 Å². The number of ether oxygens (including phenoxy) is 1. The van der Waals surface area contributed by atoms with Crippen molar-refractivity contribution in [2.24, 2.45) is 17.8 Å². The number of carbonyl (C=O) groups is 4. The maximum Gasteiger partial charge on any atom is 0.257 e. The number of Topliss-reactive ketones (excluding diaryl/α,β-unsaturated/α-hetero) is 1. The van der Waals surface area contributed by atoms with Gasteiger partial charge < -0.3 is 9.84 Å². The van der Waals surface area contributed by atoms with E-state index in [0.717, 1.165) is 0 Å². The Balaban J connectivity index is 1.77. The average molecular weight is 514 g/mol. The van der Waals surface area contributed by atoms with Gasteiger partial charge in [-0.25, -0.2) is 0 Å². The Morgan fingerprint density at radius 2 is 1.85 bits per heavy atom. The van der Waals surface area contributed by atoms with Crippen molar-refractivity contribution in [1.82, 2.24) is 5.06 Å². The molecule has 0 saturated carbocycles. The average Bonchev–Trinajstić information content (AvgIpc) is 3.01. The molecule has 1 fully saturated rings. The number of benzene rings is 1. The summed E-state index contributed by atoms with van der Waals surface area (Å²) in [7, 11) is 1.41. The number of fused-ring (bicyclic) bond motifs is 3. The van der Waals surface area contributed by atoms with Crippen molar-refractivity contribution >= 4 is 39.3 Å². The molecule has 2 N–H and O–H groups in total. The third-order valence-corrected chi connectivity index (χ3v) is 7.60. The molecule has 1 saturated heterocycles. The molecular weight excluding hydrogens is 494 g/mol. The summed E-state index contributed by atoms with van der Waals surface area (Å²) in [5.41, 5.74) is 1.88. The van der Waals surface area contributed by atoms with Crippen molar-refractivity contribution in [1.29, 1.82) is 0 Å². The van der Waals surface area contributed by atoms with E-state index < -0.39 is 35.5 Å². The van der Waals surface area contributed by atoms with Crippen LogP contribution in [0, 0.1) is 17.8 Å². The summed E-state index contributed by atoms with van der Waals surface area (Å²) < 4.78 is 5.89. The second-order valence-corrected chi connectivity index (χ2v) is 9.68. The molecule has 5 rings (SSSR count). The van der Waals surface area contributed by atoms with E-state index in [-0.39, 0.29) is 52.1 Å². The van der Waals surface area contributed by atoms with Gasteiger partial charge in [-0.05, 0) is 43.9 Å². The van der Waals surface area contributed by atoms with E-state index in [1.807, 2.05) is 6.08 Å². The molecule has 1 aromatic carbocycles. The van der Waals surface area contributed by atoms with Gasteiger partial charge in [0.1, 0.15) is 0 Å². The highest BCUT2D eigenvalue weighted by Gasteiger charge is 2.56. The van der Waals surface area contributed by atoms with Gasteiger partial charge in [-0.15, -0.1) is 0 Å². The van der Waals surface area contributed by atoms with Crippen LogP contribution in [0.4, 0.5) is 0 Å². The van der Waals surface area contributed by atoms with Crippen molar-refractivity contribution in [3.8, 4) is 11.5 Å². The first-order chi connectivity index (χ1) is 15.6. The van der Waals surface area contributed by atoms with Crippen molar-refractivity contribution in [3.05, 3.63) is 56.6 Å². The number of carbonyl (C=O) groups excluding carboxylic acids is 4. The first-order valence-corrected chi connectivity index (χ1v) is 11.3. The lowest BCUT2D eigenvalue weighted by atomic mass is 9.59. The Labute approximate surface area is 197 Å². The molecule has 33 heavy (non-hydrogen) atoms. The van der Waals surface area contributed by atoms with Crippen molar-refractivity contribution in [2.45, 2.75) is 25.7 Å². The largest absolute Gasteiger partial charge is 0.504 e. The third-order valence-electron chi connectivity index (χ3n) is 7.14. The topological polar surface area (TPSA) is 121 Å². The van der Waals surface area contributed by atoms with Crippen LogP contribution in [-0.2, 0) is 19.2 Å². The third kappa shape index (κ3) is 2.99. The van der Waals surface area contributed by atoms with Gasteiger partial charge in [-0.3, -0.25) is 24.4 Å². The molecule has 1 heterocycles. The van der Waals surface area contributed by atoms with Crippen LogP contribution in [-0.4, -0.2) is 45.9 Å². The molecule has 4 atom stereocenters. The van der Waals surface area contributed by atoms with E-state index in [1.54, 1.807) is 19.1 Å². The quantitative estimate of drug-likeness (QED) is 0.270. The summed E-state index contributed by atoms with van der Waals surface area (Å²) in [6, 6.07) is 3.25. The van der Waals surface area contributed by atoms with Gasteiger partial charge in [0.25, 0.3) is 11.8 Å². The Morgan fingerprint density at radius 3 is 2.55 bits per heavy atom. The molecule has 8 nitrogen and oxygen atoms in total. The highest BCUT2D eigenvalue weighted by molar-refractivity contribution is 9.10. The van der Waals surface area contributed by atoms with Crippen LogP contribution < -0.4 is 4.74 Å². The van der Waals surface area contributed by atoms with Crippen molar-refractivity contribution in [3.63, 3.8) is 0 Å². The van der Waals surface area contributed by atoms with Crippen LogP contribution in [0.3, 0.4) is 0 Å². The summed E-state index contributed by atoms with van der Waals surface area (Å²) in [4.78, 5) is 51.5. The molecule has 0 aromatic heterocycles. The molecular formula is C24H20BrNO7. The molecule has 170 valence electrons. The SMILES string of the molecule is COc1cc(Br)cc(C2C3=CCC4C(=O)N(O)C(=O)C4C3CC3=C2C(=O)C(C)=CC3=O)c1O. The van der Waals surface area contributed by atoms with Crippen LogP contribution in [0.5, 0.6) is 11.5 Å². The van der Waals surface area contributed by atoms with E-state index in [1.165, 1.54) is 13.2 Å². The van der Waals surface area contributed by atoms with Gasteiger partial charge in [-0.1, -0.05) is 27.6 Å². The van der Waals surface area contributed by atoms with Crippen molar-refractivity contribution < 1.29 is 34.2 Å². The number of nitrogens with zero attached hydrogens (tertiary/aromatic N) is 1. The monoisotopic (exact) mass is 513 g/mol. The highest BCUT2D eigenvalue weighted by Crippen LogP contribution is 2.56. The van der Waals surface area contributed by atoms with Crippen LogP contribution >= 0.6 is 15.9 Å². The zero-order valence-electron chi connectivity index (χ0n) is 17.8. The number of hydroxylamine groups is 2. The zero-order valence-corrected chi connectivity index (χ0v) is 19.4. The molecule has 1 aliphatic heterocycles. The molecule has 4 aliphatic rings. The number of hydrogen-bond donors (Lipinski definition) is 2. The van der Waals surface area contributed by atoms with Gasteiger partial charge in [0.2, 0.25) is 0 Å². The van der Waals surface area contributed by atoms with Gasteiger partial charge in [0, 0.05) is 32.7 Å². The number of halogens is 1. The highest BCUT2D eigenvalue weighted by atomic mass is 79.9. The lowest BCUT2D eigenvalue weighted by Crippen LogP contribution is -2.39. The smallest absolute Gasteiger partial charge is 0.257 e. The summed E-state index contributed by atoms with van der Waals surface area (Å²) >= 11 is 3.41. The number of rotatable bonds is 2. The van der Waals surface area contributed by atoms with Gasteiger partial charge in [0.05, 0.1) is 18.9 Å². The lowest BCUT2D eigenvalue weighted by molar-refractivity contribution is -0.173. The normalized spacial score (nSPS) is 28.9. The fraction of sp³-hybridized carbons (Fsp3) is 0.333. The van der Waals surface area contributed by atoms with E-state index in [4.69, 9.17) is 4.74 Å². The molecule has 0 spiro atoms. The van der Waals surface area contributed by atoms with Crippen molar-refractivity contribution in [2.75, 3.05) is 7.11 Å². The predicted octanol–water partition coefficient (Wildman–Crippen LogP) is 2.98. The molecule has 0 bridgehead atoms. The Bertz CT molecular complexity index is 1260. The maximum atomic E-state index is 13.3. The van der Waals surface area contributed by atoms with E-state index in [0.29, 0.717) is 21.2 Å². The lowest BCUT2D eigenvalue weighted by Gasteiger charge is -2.42. The summed E-state index contributed by atoms with van der Waals surface area (Å²) in [5.74, 6) is -4.93. The van der Waals surface area contributed by atoms with Crippen LogP contribution in [0.2, 0.25) is 0 Å². The minimum Gasteiger partial charge on any atom is -0.504 e. The zero-order chi connectivity index (χ0) is 23.8. The molecule has 1 aromatic rings. The van der Waals surface area contributed by atoms with Gasteiger partial charge in [0.15, 0.2) is 23.1 Å². The molecule has 2 amide bonds. The molecule has 3 aliphatic carbocycles. The van der Waals surface area contributed by atoms with Crippen LogP contribution in [0.25, 0.3) is 0 Å². The minimum absolute atomic E-state index is 0.103. The number of hydrogen-bond acceptors (Lipinski definition) is 7. The number of imide groups is 1. The molecule has 9 heteroatoms. The van der Waals surface area contributed by atoms with Gasteiger partial charge in [-0.2, -0.15) is 5.06 Å². The number of aromatic hydroxyl groups is 1. The van der Waals surface area contributed by atoms with Gasteiger partial charge >= 0.3 is 0 Å². The Kier molecular flexibility index (Phi) is 4.95. The number of allylic oxidation sites excluding steroid dienone is 6. The minimum atomic E-state index is -0.842. The van der Waals surface area contributed by atoms with E-state index >= 15 is 0 Å².